The molecule has 0 spiro atoms. The Kier molecular flexibility index (Phi) is 4.32. The first kappa shape index (κ1) is 13.0. The normalized spacial score (nSPS) is 11.8. The molecule has 0 atom stereocenters. The zero-order chi connectivity index (χ0) is 12.2. The molecule has 1 aromatic carbocycles. The lowest BCUT2D eigenvalue weighted by Crippen LogP contribution is -2.22. The quantitative estimate of drug-likeness (QED) is 0.823. The summed E-state index contributed by atoms with van der Waals surface area (Å²) in [5, 5.41) is 2.59. The molecule has 0 fully saturated rings. The van der Waals surface area contributed by atoms with Gasteiger partial charge in [0.1, 0.15) is 0 Å². The van der Waals surface area contributed by atoms with E-state index in [1.807, 2.05) is 25.2 Å². The smallest absolute Gasteiger partial charge is 0.235 e. The van der Waals surface area contributed by atoms with Gasteiger partial charge in [0.05, 0.1) is 5.25 Å². The van der Waals surface area contributed by atoms with Crippen LogP contribution < -0.4 is 10.0 Å². The fourth-order valence-electron chi connectivity index (χ4n) is 1.23. The average molecular weight is 242 g/mol. The Hall–Kier alpha value is -1.07. The predicted molar refractivity (Wildman–Crippen MR) is 66.9 cm³/mol. The van der Waals surface area contributed by atoms with Gasteiger partial charge < -0.3 is 5.32 Å². The van der Waals surface area contributed by atoms with Gasteiger partial charge in [-0.25, -0.2) is 8.42 Å². The molecule has 2 N–H and O–H groups in total. The third kappa shape index (κ3) is 3.50. The van der Waals surface area contributed by atoms with Gasteiger partial charge >= 0.3 is 0 Å². The molecule has 0 saturated carbocycles. The van der Waals surface area contributed by atoms with Crippen LogP contribution in [0.5, 0.6) is 0 Å². The zero-order valence-electron chi connectivity index (χ0n) is 9.82. The molecule has 0 aliphatic rings. The molecule has 0 aliphatic carbocycles. The number of hydrogen-bond donors (Lipinski definition) is 2. The second kappa shape index (κ2) is 5.32. The van der Waals surface area contributed by atoms with Crippen molar-refractivity contribution >= 4 is 15.7 Å². The molecule has 16 heavy (non-hydrogen) atoms. The SMILES string of the molecule is CNCc1cccc(NS(=O)(=O)C(C)C)c1. The van der Waals surface area contributed by atoms with E-state index in [9.17, 15) is 8.42 Å². The Morgan fingerprint density at radius 2 is 2.00 bits per heavy atom. The van der Waals surface area contributed by atoms with Gasteiger partial charge in [-0.1, -0.05) is 12.1 Å². The van der Waals surface area contributed by atoms with Crippen LogP contribution in [-0.4, -0.2) is 20.7 Å². The van der Waals surface area contributed by atoms with Crippen LogP contribution in [0, 0.1) is 0 Å². The Balaban J connectivity index is 2.86. The van der Waals surface area contributed by atoms with Crippen LogP contribution in [0.1, 0.15) is 19.4 Å². The Labute approximate surface area is 97.1 Å². The second-order valence-corrected chi connectivity index (χ2v) is 6.16. The third-order valence-electron chi connectivity index (χ3n) is 2.19. The summed E-state index contributed by atoms with van der Waals surface area (Å²) in [7, 11) is -1.40. The Morgan fingerprint density at radius 1 is 1.31 bits per heavy atom. The molecule has 1 rings (SSSR count). The van der Waals surface area contributed by atoms with Gasteiger partial charge in [-0.15, -0.1) is 0 Å². The maximum absolute atomic E-state index is 11.6. The summed E-state index contributed by atoms with van der Waals surface area (Å²) < 4.78 is 25.8. The standard InChI is InChI=1S/C11H18N2O2S/c1-9(2)16(14,15)13-11-6-4-5-10(7-11)8-12-3/h4-7,9,12-13H,8H2,1-3H3. The van der Waals surface area contributed by atoms with Crippen LogP contribution in [0.2, 0.25) is 0 Å². The first-order valence-corrected chi connectivity index (χ1v) is 6.75. The summed E-state index contributed by atoms with van der Waals surface area (Å²) in [6, 6.07) is 7.37. The maximum Gasteiger partial charge on any atom is 0.235 e. The minimum Gasteiger partial charge on any atom is -0.316 e. The van der Waals surface area contributed by atoms with E-state index in [1.165, 1.54) is 0 Å². The van der Waals surface area contributed by atoms with Gasteiger partial charge in [-0.3, -0.25) is 4.72 Å². The Morgan fingerprint density at radius 3 is 2.56 bits per heavy atom. The second-order valence-electron chi connectivity index (χ2n) is 3.93. The van der Waals surface area contributed by atoms with E-state index in [1.54, 1.807) is 19.9 Å². The van der Waals surface area contributed by atoms with E-state index < -0.39 is 15.3 Å². The highest BCUT2D eigenvalue weighted by Gasteiger charge is 2.15. The molecule has 0 unspecified atom stereocenters. The summed E-state index contributed by atoms with van der Waals surface area (Å²) in [6.45, 7) is 4.02. The van der Waals surface area contributed by atoms with Crippen molar-refractivity contribution in [3.8, 4) is 0 Å². The number of rotatable bonds is 5. The topological polar surface area (TPSA) is 58.2 Å². The molecule has 0 saturated heterocycles. The lowest BCUT2D eigenvalue weighted by Gasteiger charge is -2.11. The average Bonchev–Trinajstić information content (AvgIpc) is 2.17. The number of anilines is 1. The summed E-state index contributed by atoms with van der Waals surface area (Å²) in [4.78, 5) is 0. The van der Waals surface area contributed by atoms with E-state index in [0.29, 0.717) is 5.69 Å². The minimum atomic E-state index is -3.25. The van der Waals surface area contributed by atoms with Crippen molar-refractivity contribution in [2.24, 2.45) is 0 Å². The molecule has 0 aromatic heterocycles. The molecule has 5 heteroatoms. The number of hydrogen-bond acceptors (Lipinski definition) is 3. The summed E-state index contributed by atoms with van der Waals surface area (Å²) in [5.74, 6) is 0. The van der Waals surface area contributed by atoms with Gasteiger partial charge in [-0.05, 0) is 38.6 Å². The van der Waals surface area contributed by atoms with Crippen LogP contribution in [0.25, 0.3) is 0 Å². The lowest BCUT2D eigenvalue weighted by molar-refractivity contribution is 0.593. The van der Waals surface area contributed by atoms with Crippen molar-refractivity contribution in [2.45, 2.75) is 25.6 Å². The molecule has 0 bridgehead atoms. The minimum absolute atomic E-state index is 0.430. The van der Waals surface area contributed by atoms with Gasteiger partial charge in [0.25, 0.3) is 0 Å². The van der Waals surface area contributed by atoms with Crippen molar-refractivity contribution in [2.75, 3.05) is 11.8 Å². The van der Waals surface area contributed by atoms with Gasteiger partial charge in [0.2, 0.25) is 10.0 Å². The third-order valence-corrected chi connectivity index (χ3v) is 3.95. The summed E-state index contributed by atoms with van der Waals surface area (Å²) in [5.41, 5.74) is 1.66. The van der Waals surface area contributed by atoms with E-state index in [4.69, 9.17) is 0 Å². The van der Waals surface area contributed by atoms with Crippen molar-refractivity contribution in [3.63, 3.8) is 0 Å². The maximum atomic E-state index is 11.6. The molecule has 0 heterocycles. The fourth-order valence-corrected chi connectivity index (χ4v) is 1.92. The van der Waals surface area contributed by atoms with Crippen LogP contribution in [0.15, 0.2) is 24.3 Å². The summed E-state index contributed by atoms with van der Waals surface area (Å²) >= 11 is 0. The number of nitrogens with one attached hydrogen (secondary N) is 2. The zero-order valence-corrected chi connectivity index (χ0v) is 10.6. The summed E-state index contributed by atoms with van der Waals surface area (Å²) in [6.07, 6.45) is 0. The first-order chi connectivity index (χ1) is 7.45. The van der Waals surface area contributed by atoms with E-state index in [-0.39, 0.29) is 0 Å². The predicted octanol–water partition coefficient (Wildman–Crippen LogP) is 1.56. The molecule has 0 aliphatic heterocycles. The molecule has 0 amide bonds. The molecule has 4 nitrogen and oxygen atoms in total. The highest BCUT2D eigenvalue weighted by molar-refractivity contribution is 7.93. The van der Waals surface area contributed by atoms with Crippen LogP contribution in [0.3, 0.4) is 0 Å². The largest absolute Gasteiger partial charge is 0.316 e. The van der Waals surface area contributed by atoms with Gasteiger partial charge in [0, 0.05) is 12.2 Å². The van der Waals surface area contributed by atoms with Crippen LogP contribution in [0.4, 0.5) is 5.69 Å². The molecular formula is C11H18N2O2S. The van der Waals surface area contributed by atoms with Gasteiger partial charge in [0.15, 0.2) is 0 Å². The molecular weight excluding hydrogens is 224 g/mol. The van der Waals surface area contributed by atoms with Gasteiger partial charge in [-0.2, -0.15) is 0 Å². The van der Waals surface area contributed by atoms with Crippen LogP contribution >= 0.6 is 0 Å². The fraction of sp³-hybridized carbons (Fsp3) is 0.455. The molecule has 0 radical (unpaired) electrons. The van der Waals surface area contributed by atoms with E-state index in [2.05, 4.69) is 10.0 Å². The van der Waals surface area contributed by atoms with Crippen molar-refractivity contribution in [1.82, 2.24) is 5.32 Å². The lowest BCUT2D eigenvalue weighted by atomic mass is 10.2. The first-order valence-electron chi connectivity index (χ1n) is 5.21. The highest BCUT2D eigenvalue weighted by atomic mass is 32.2. The van der Waals surface area contributed by atoms with E-state index >= 15 is 0 Å². The monoisotopic (exact) mass is 242 g/mol. The van der Waals surface area contributed by atoms with Crippen molar-refractivity contribution < 1.29 is 8.42 Å². The highest BCUT2D eigenvalue weighted by Crippen LogP contribution is 2.14. The Bertz CT molecular complexity index is 441. The van der Waals surface area contributed by atoms with Crippen molar-refractivity contribution in [3.05, 3.63) is 29.8 Å². The number of benzene rings is 1. The molecule has 1 aromatic rings. The van der Waals surface area contributed by atoms with E-state index in [0.717, 1.165) is 12.1 Å². The van der Waals surface area contributed by atoms with Crippen LogP contribution in [-0.2, 0) is 16.6 Å². The molecule has 90 valence electrons. The van der Waals surface area contributed by atoms with Crippen molar-refractivity contribution in [1.29, 1.82) is 0 Å². The number of sulfonamides is 1.